The van der Waals surface area contributed by atoms with E-state index in [4.69, 9.17) is 4.74 Å². The van der Waals surface area contributed by atoms with Crippen molar-refractivity contribution in [3.05, 3.63) is 33.6 Å². The lowest BCUT2D eigenvalue weighted by atomic mass is 10.00. The summed E-state index contributed by atoms with van der Waals surface area (Å²) in [6, 6.07) is 4.07. The normalized spacial score (nSPS) is 13.8. The first-order valence-electron chi connectivity index (χ1n) is 7.45. The van der Waals surface area contributed by atoms with E-state index in [2.05, 4.69) is 22.5 Å². The second kappa shape index (κ2) is 5.77. The molecule has 3 N–H and O–H groups in total. The first-order valence-corrected chi connectivity index (χ1v) is 7.45. The Morgan fingerprint density at radius 3 is 3.00 bits per heavy atom. The van der Waals surface area contributed by atoms with Crippen LogP contribution in [0.3, 0.4) is 0 Å². The molecular weight excluding hydrogens is 266 g/mol. The van der Waals surface area contributed by atoms with Crippen molar-refractivity contribution in [3.63, 3.8) is 0 Å². The maximum atomic E-state index is 12.3. The number of H-pyrrole nitrogens is 1. The van der Waals surface area contributed by atoms with Crippen LogP contribution in [0.2, 0.25) is 0 Å². The van der Waals surface area contributed by atoms with E-state index in [1.807, 2.05) is 12.1 Å². The molecule has 5 nitrogen and oxygen atoms in total. The Morgan fingerprint density at radius 1 is 1.38 bits per heavy atom. The van der Waals surface area contributed by atoms with Gasteiger partial charge < -0.3 is 20.4 Å². The van der Waals surface area contributed by atoms with Crippen molar-refractivity contribution >= 4 is 16.6 Å². The molecule has 3 rings (SSSR count). The number of aromatic amines is 1. The first kappa shape index (κ1) is 13.9. The minimum atomic E-state index is 0.00681. The van der Waals surface area contributed by atoms with Gasteiger partial charge in [0.25, 0.3) is 5.56 Å². The highest BCUT2D eigenvalue weighted by Gasteiger charge is 2.19. The van der Waals surface area contributed by atoms with Crippen molar-refractivity contribution in [3.8, 4) is 5.75 Å². The average molecular weight is 287 g/mol. The molecule has 0 saturated heterocycles. The molecule has 0 amide bonds. The van der Waals surface area contributed by atoms with Crippen LogP contribution < -0.4 is 20.9 Å². The number of anilines is 1. The van der Waals surface area contributed by atoms with E-state index in [9.17, 15) is 4.79 Å². The summed E-state index contributed by atoms with van der Waals surface area (Å²) >= 11 is 0. The Bertz CT molecular complexity index is 722. The number of aromatic nitrogens is 1. The number of fused-ring (bicyclic) bond motifs is 3. The van der Waals surface area contributed by atoms with Gasteiger partial charge in [0, 0.05) is 18.7 Å². The van der Waals surface area contributed by atoms with Crippen LogP contribution in [0.4, 0.5) is 5.69 Å². The molecule has 21 heavy (non-hydrogen) atoms. The van der Waals surface area contributed by atoms with Crippen molar-refractivity contribution in [1.29, 1.82) is 0 Å². The molecule has 1 aliphatic rings. The minimum absolute atomic E-state index is 0.00681. The van der Waals surface area contributed by atoms with Crippen LogP contribution in [0.25, 0.3) is 10.9 Å². The van der Waals surface area contributed by atoms with E-state index in [-0.39, 0.29) is 5.56 Å². The molecule has 0 atom stereocenters. The molecule has 0 bridgehead atoms. The molecule has 1 aromatic carbocycles. The monoisotopic (exact) mass is 287 g/mol. The topological polar surface area (TPSA) is 66.1 Å². The van der Waals surface area contributed by atoms with Gasteiger partial charge in [0.2, 0.25) is 0 Å². The largest absolute Gasteiger partial charge is 0.496 e. The molecule has 5 heteroatoms. The molecule has 0 unspecified atom stereocenters. The summed E-state index contributed by atoms with van der Waals surface area (Å²) in [6.07, 6.45) is 1.80. The van der Waals surface area contributed by atoms with Gasteiger partial charge in [-0.1, -0.05) is 6.92 Å². The Hall–Kier alpha value is -2.01. The van der Waals surface area contributed by atoms with Crippen molar-refractivity contribution < 1.29 is 4.74 Å². The van der Waals surface area contributed by atoms with Crippen LogP contribution in [-0.2, 0) is 13.0 Å². The third-order valence-electron chi connectivity index (χ3n) is 3.94. The lowest BCUT2D eigenvalue weighted by Crippen LogP contribution is -2.22. The van der Waals surface area contributed by atoms with Gasteiger partial charge in [0.05, 0.1) is 23.7 Å². The van der Waals surface area contributed by atoms with Gasteiger partial charge in [-0.05, 0) is 37.1 Å². The van der Waals surface area contributed by atoms with Crippen molar-refractivity contribution in [1.82, 2.24) is 10.3 Å². The summed E-state index contributed by atoms with van der Waals surface area (Å²) in [6.45, 7) is 4.63. The zero-order valence-corrected chi connectivity index (χ0v) is 12.5. The van der Waals surface area contributed by atoms with Gasteiger partial charge in [-0.25, -0.2) is 0 Å². The van der Waals surface area contributed by atoms with Gasteiger partial charge in [-0.15, -0.1) is 0 Å². The van der Waals surface area contributed by atoms with Gasteiger partial charge in [-0.2, -0.15) is 0 Å². The van der Waals surface area contributed by atoms with E-state index >= 15 is 0 Å². The number of nitrogens with one attached hydrogen (secondary N) is 3. The van der Waals surface area contributed by atoms with Crippen LogP contribution in [0.15, 0.2) is 16.9 Å². The summed E-state index contributed by atoms with van der Waals surface area (Å²) < 4.78 is 5.56. The number of benzene rings is 1. The molecule has 0 aliphatic carbocycles. The summed E-state index contributed by atoms with van der Waals surface area (Å²) in [5, 5.41) is 7.64. The van der Waals surface area contributed by atoms with Crippen molar-refractivity contribution in [2.45, 2.75) is 26.3 Å². The van der Waals surface area contributed by atoms with E-state index in [1.54, 1.807) is 7.11 Å². The fourth-order valence-electron chi connectivity index (χ4n) is 2.94. The molecular formula is C16H21N3O2. The molecule has 2 heterocycles. The smallest absolute Gasteiger partial charge is 0.253 e. The molecule has 112 valence electrons. The Balaban J connectivity index is 2.23. The Labute approximate surface area is 123 Å². The molecule has 0 spiro atoms. The van der Waals surface area contributed by atoms with Gasteiger partial charge in [-0.3, -0.25) is 4.79 Å². The fourth-order valence-corrected chi connectivity index (χ4v) is 2.94. The highest BCUT2D eigenvalue weighted by Crippen LogP contribution is 2.35. The van der Waals surface area contributed by atoms with Gasteiger partial charge in [0.15, 0.2) is 0 Å². The van der Waals surface area contributed by atoms with E-state index in [0.717, 1.165) is 65.9 Å². The Kier molecular flexibility index (Phi) is 3.84. The average Bonchev–Trinajstić information content (AvgIpc) is 2.52. The third kappa shape index (κ3) is 2.49. The molecule has 0 fully saturated rings. The summed E-state index contributed by atoms with van der Waals surface area (Å²) in [4.78, 5) is 15.3. The molecule has 1 aliphatic heterocycles. The van der Waals surface area contributed by atoms with Gasteiger partial charge in [0.1, 0.15) is 5.75 Å². The third-order valence-corrected chi connectivity index (χ3v) is 3.94. The van der Waals surface area contributed by atoms with E-state index < -0.39 is 0 Å². The van der Waals surface area contributed by atoms with Crippen LogP contribution >= 0.6 is 0 Å². The maximum absolute atomic E-state index is 12.3. The molecule has 1 aromatic heterocycles. The SMILES string of the molecule is CCNCc1cc(OC)c2c3c(c(=O)[nH]c2c1)CCCN3. The maximum Gasteiger partial charge on any atom is 0.253 e. The lowest BCUT2D eigenvalue weighted by Gasteiger charge is -2.21. The van der Waals surface area contributed by atoms with Crippen molar-refractivity contribution in [2.75, 3.05) is 25.5 Å². The highest BCUT2D eigenvalue weighted by molar-refractivity contribution is 5.98. The fraction of sp³-hybridized carbons (Fsp3) is 0.438. The predicted octanol–water partition coefficient (Wildman–Crippen LogP) is 2.00. The number of rotatable bonds is 4. The van der Waals surface area contributed by atoms with E-state index in [0.29, 0.717) is 0 Å². The standard InChI is InChI=1S/C16H21N3O2/c1-3-17-9-10-7-12-14(13(8-10)21-2)15-11(16(20)19-12)5-4-6-18-15/h7-8,17-18H,3-6,9H2,1-2H3,(H,19,20). The summed E-state index contributed by atoms with van der Waals surface area (Å²) in [7, 11) is 1.67. The Morgan fingerprint density at radius 2 is 2.24 bits per heavy atom. The number of methoxy groups -OCH3 is 1. The second-order valence-corrected chi connectivity index (χ2v) is 5.34. The van der Waals surface area contributed by atoms with Crippen LogP contribution in [-0.4, -0.2) is 25.2 Å². The molecule has 2 aromatic rings. The number of pyridine rings is 1. The van der Waals surface area contributed by atoms with Gasteiger partial charge >= 0.3 is 0 Å². The molecule has 0 saturated carbocycles. The predicted molar refractivity (Wildman–Crippen MR) is 85.3 cm³/mol. The number of ether oxygens (including phenoxy) is 1. The quantitative estimate of drug-likeness (QED) is 0.805. The summed E-state index contributed by atoms with van der Waals surface area (Å²) in [5.41, 5.74) is 3.72. The van der Waals surface area contributed by atoms with Crippen LogP contribution in [0.5, 0.6) is 5.75 Å². The highest BCUT2D eigenvalue weighted by atomic mass is 16.5. The van der Waals surface area contributed by atoms with Crippen molar-refractivity contribution in [2.24, 2.45) is 0 Å². The zero-order valence-electron chi connectivity index (χ0n) is 12.5. The number of hydrogen-bond donors (Lipinski definition) is 3. The lowest BCUT2D eigenvalue weighted by molar-refractivity contribution is 0.419. The van der Waals surface area contributed by atoms with Crippen LogP contribution in [0, 0.1) is 0 Å². The number of hydrogen-bond acceptors (Lipinski definition) is 4. The molecule has 0 radical (unpaired) electrons. The van der Waals surface area contributed by atoms with Crippen LogP contribution in [0.1, 0.15) is 24.5 Å². The summed E-state index contributed by atoms with van der Waals surface area (Å²) in [5.74, 6) is 0.808. The van der Waals surface area contributed by atoms with E-state index in [1.165, 1.54) is 0 Å². The zero-order chi connectivity index (χ0) is 14.8. The second-order valence-electron chi connectivity index (χ2n) is 5.34. The first-order chi connectivity index (χ1) is 10.2. The minimum Gasteiger partial charge on any atom is -0.496 e.